The normalized spacial score (nSPS) is 10.9. The Morgan fingerprint density at radius 1 is 1.00 bits per heavy atom. The van der Waals surface area contributed by atoms with Crippen LogP contribution >= 0.6 is 0 Å². The molecule has 154 valence electrons. The highest BCUT2D eigenvalue weighted by atomic mass is 16.6. The van der Waals surface area contributed by atoms with Crippen LogP contribution in [0.1, 0.15) is 26.3 Å². The summed E-state index contributed by atoms with van der Waals surface area (Å²) in [4.78, 5) is 36.6. The van der Waals surface area contributed by atoms with Gasteiger partial charge in [0.05, 0.1) is 4.92 Å². The average molecular weight is 400 g/mol. The Kier molecular flexibility index (Phi) is 7.30. The molecule has 0 unspecified atom stereocenters. The van der Waals surface area contributed by atoms with Crippen molar-refractivity contribution >= 4 is 17.6 Å². The fourth-order valence-corrected chi connectivity index (χ4v) is 2.59. The molecule has 2 rings (SSSR count). The highest BCUT2D eigenvalue weighted by molar-refractivity contribution is 5.81. The van der Waals surface area contributed by atoms with Gasteiger partial charge in [-0.1, -0.05) is 42.5 Å². The smallest absolute Gasteiger partial charge is 0.344 e. The van der Waals surface area contributed by atoms with Crippen molar-refractivity contribution < 1.29 is 24.0 Å². The van der Waals surface area contributed by atoms with Crippen molar-refractivity contribution in [3.63, 3.8) is 0 Å². The fourth-order valence-electron chi connectivity index (χ4n) is 2.59. The van der Waals surface area contributed by atoms with E-state index in [9.17, 15) is 19.7 Å². The number of carbonyl (C=O) groups excluding carboxylic acids is 2. The number of carbonyl (C=O) groups is 2. The first-order valence-electron chi connectivity index (χ1n) is 9.04. The topological polar surface area (TPSA) is 99.0 Å². The molecule has 0 aromatic heterocycles. The lowest BCUT2D eigenvalue weighted by molar-refractivity contribution is -0.385. The Bertz CT molecular complexity index is 861. The van der Waals surface area contributed by atoms with Gasteiger partial charge in [0.25, 0.3) is 5.91 Å². The summed E-state index contributed by atoms with van der Waals surface area (Å²) in [6.07, 6.45) is 0. The van der Waals surface area contributed by atoms with Gasteiger partial charge in [0.15, 0.2) is 19.0 Å². The van der Waals surface area contributed by atoms with E-state index < -0.39 is 29.6 Å². The van der Waals surface area contributed by atoms with E-state index in [1.165, 1.54) is 18.2 Å². The first-order valence-corrected chi connectivity index (χ1v) is 9.04. The number of esters is 1. The standard InChI is InChI=1S/C21H24N2O6/c1-21(2,3)22(13-16-9-5-4-6-10-16)19(24)14-29-20(25)15-28-18-12-8-7-11-17(18)23(26)27/h4-12H,13-15H2,1-3H3. The van der Waals surface area contributed by atoms with Crippen LogP contribution in [0.2, 0.25) is 0 Å². The lowest BCUT2D eigenvalue weighted by Crippen LogP contribution is -2.47. The van der Waals surface area contributed by atoms with Gasteiger partial charge in [-0.05, 0) is 32.4 Å². The number of hydrogen-bond acceptors (Lipinski definition) is 6. The number of amides is 1. The van der Waals surface area contributed by atoms with E-state index in [-0.39, 0.29) is 17.3 Å². The zero-order valence-corrected chi connectivity index (χ0v) is 16.7. The second-order valence-electron chi connectivity index (χ2n) is 7.31. The molecular formula is C21H24N2O6. The van der Waals surface area contributed by atoms with Crippen LogP contribution in [0.5, 0.6) is 5.75 Å². The molecule has 0 radical (unpaired) electrons. The highest BCUT2D eigenvalue weighted by Gasteiger charge is 2.27. The van der Waals surface area contributed by atoms with Crippen LogP contribution in [-0.2, 0) is 20.9 Å². The van der Waals surface area contributed by atoms with Crippen LogP contribution < -0.4 is 4.74 Å². The number of ether oxygens (including phenoxy) is 2. The average Bonchev–Trinajstić information content (AvgIpc) is 2.68. The van der Waals surface area contributed by atoms with Gasteiger partial charge in [-0.2, -0.15) is 0 Å². The maximum absolute atomic E-state index is 12.6. The van der Waals surface area contributed by atoms with E-state index in [1.54, 1.807) is 11.0 Å². The molecule has 0 saturated heterocycles. The van der Waals surface area contributed by atoms with Crippen molar-refractivity contribution in [1.82, 2.24) is 4.90 Å². The van der Waals surface area contributed by atoms with E-state index >= 15 is 0 Å². The Balaban J connectivity index is 1.92. The summed E-state index contributed by atoms with van der Waals surface area (Å²) in [5.41, 5.74) is 0.237. The molecule has 0 aliphatic heterocycles. The third kappa shape index (κ3) is 6.60. The number of para-hydroxylation sites is 2. The molecular weight excluding hydrogens is 376 g/mol. The SMILES string of the molecule is CC(C)(C)N(Cc1ccccc1)C(=O)COC(=O)COc1ccccc1[N+](=O)[O-]. The minimum Gasteiger partial charge on any atom is -0.475 e. The second-order valence-corrected chi connectivity index (χ2v) is 7.31. The molecule has 0 saturated carbocycles. The molecule has 0 atom stereocenters. The van der Waals surface area contributed by atoms with Crippen LogP contribution in [0.25, 0.3) is 0 Å². The zero-order valence-electron chi connectivity index (χ0n) is 16.7. The van der Waals surface area contributed by atoms with Crippen LogP contribution in [0.15, 0.2) is 54.6 Å². The predicted octanol–water partition coefficient (Wildman–Crippen LogP) is 3.34. The van der Waals surface area contributed by atoms with E-state index in [2.05, 4.69) is 0 Å². The summed E-state index contributed by atoms with van der Waals surface area (Å²) in [7, 11) is 0. The van der Waals surface area contributed by atoms with Crippen molar-refractivity contribution in [3.8, 4) is 5.75 Å². The molecule has 2 aromatic carbocycles. The molecule has 1 amide bonds. The number of rotatable bonds is 8. The Morgan fingerprint density at radius 3 is 2.24 bits per heavy atom. The van der Waals surface area contributed by atoms with Gasteiger partial charge >= 0.3 is 11.7 Å². The van der Waals surface area contributed by atoms with Gasteiger partial charge in [-0.3, -0.25) is 14.9 Å². The van der Waals surface area contributed by atoms with Crippen LogP contribution in [0.4, 0.5) is 5.69 Å². The van der Waals surface area contributed by atoms with Crippen molar-refractivity contribution in [2.45, 2.75) is 32.9 Å². The zero-order chi connectivity index (χ0) is 21.4. The monoisotopic (exact) mass is 400 g/mol. The second kappa shape index (κ2) is 9.68. The largest absolute Gasteiger partial charge is 0.475 e. The minimum absolute atomic E-state index is 0.0406. The molecule has 0 aliphatic rings. The third-order valence-corrected chi connectivity index (χ3v) is 4.06. The fraction of sp³-hybridized carbons (Fsp3) is 0.333. The third-order valence-electron chi connectivity index (χ3n) is 4.06. The maximum atomic E-state index is 12.6. The summed E-state index contributed by atoms with van der Waals surface area (Å²) >= 11 is 0. The summed E-state index contributed by atoms with van der Waals surface area (Å²) in [6.45, 7) is 5.09. The van der Waals surface area contributed by atoms with Crippen LogP contribution in [0, 0.1) is 10.1 Å². The quantitative estimate of drug-likeness (QED) is 0.383. The van der Waals surface area contributed by atoms with Crippen LogP contribution in [0.3, 0.4) is 0 Å². The van der Waals surface area contributed by atoms with Gasteiger partial charge in [-0.15, -0.1) is 0 Å². The molecule has 8 heteroatoms. The lowest BCUT2D eigenvalue weighted by atomic mass is 10.0. The summed E-state index contributed by atoms with van der Waals surface area (Å²) < 4.78 is 10.2. The number of nitrogens with zero attached hydrogens (tertiary/aromatic N) is 2. The van der Waals surface area contributed by atoms with Gasteiger partial charge in [-0.25, -0.2) is 4.79 Å². The Morgan fingerprint density at radius 2 is 1.62 bits per heavy atom. The van der Waals surface area contributed by atoms with Crippen LogP contribution in [-0.4, -0.2) is 40.5 Å². The summed E-state index contributed by atoms with van der Waals surface area (Å²) in [5, 5.41) is 11.0. The van der Waals surface area contributed by atoms with E-state index in [0.717, 1.165) is 5.56 Å². The van der Waals surface area contributed by atoms with Crippen molar-refractivity contribution in [3.05, 3.63) is 70.3 Å². The molecule has 0 N–H and O–H groups in total. The van der Waals surface area contributed by atoms with Crippen molar-refractivity contribution in [2.75, 3.05) is 13.2 Å². The van der Waals surface area contributed by atoms with E-state index in [4.69, 9.17) is 9.47 Å². The van der Waals surface area contributed by atoms with Gasteiger partial charge in [0.2, 0.25) is 0 Å². The molecule has 0 heterocycles. The van der Waals surface area contributed by atoms with Crippen molar-refractivity contribution in [2.24, 2.45) is 0 Å². The number of nitro benzene ring substituents is 1. The first kappa shape index (κ1) is 21.9. The highest BCUT2D eigenvalue weighted by Crippen LogP contribution is 2.25. The summed E-state index contributed by atoms with van der Waals surface area (Å²) in [6, 6.07) is 15.2. The Labute approximate surface area is 169 Å². The number of nitro groups is 1. The van der Waals surface area contributed by atoms with E-state index in [0.29, 0.717) is 6.54 Å². The first-order chi connectivity index (χ1) is 13.7. The van der Waals surface area contributed by atoms with Gasteiger partial charge < -0.3 is 14.4 Å². The molecule has 0 aliphatic carbocycles. The number of hydrogen-bond donors (Lipinski definition) is 0. The molecule has 8 nitrogen and oxygen atoms in total. The van der Waals surface area contributed by atoms with E-state index in [1.807, 2.05) is 51.1 Å². The molecule has 0 bridgehead atoms. The van der Waals surface area contributed by atoms with Gasteiger partial charge in [0.1, 0.15) is 0 Å². The molecule has 0 spiro atoms. The minimum atomic E-state index is -0.787. The number of benzene rings is 2. The lowest BCUT2D eigenvalue weighted by Gasteiger charge is -2.35. The van der Waals surface area contributed by atoms with Crippen molar-refractivity contribution in [1.29, 1.82) is 0 Å². The molecule has 0 fully saturated rings. The predicted molar refractivity (Wildman–Crippen MR) is 106 cm³/mol. The Hall–Kier alpha value is -3.42. The summed E-state index contributed by atoms with van der Waals surface area (Å²) in [5.74, 6) is -1.17. The molecule has 2 aromatic rings. The van der Waals surface area contributed by atoms with Gasteiger partial charge in [0, 0.05) is 18.2 Å². The maximum Gasteiger partial charge on any atom is 0.344 e. The molecule has 29 heavy (non-hydrogen) atoms.